The summed E-state index contributed by atoms with van der Waals surface area (Å²) >= 11 is 0. The number of ether oxygens (including phenoxy) is 1. The molecule has 0 unspecified atom stereocenters. The van der Waals surface area contributed by atoms with Gasteiger partial charge in [0.15, 0.2) is 0 Å². The van der Waals surface area contributed by atoms with Crippen molar-refractivity contribution >= 4 is 70.1 Å². The first-order valence-electron chi connectivity index (χ1n) is 17.6. The molecule has 6 aromatic rings. The highest BCUT2D eigenvalue weighted by Crippen LogP contribution is 2.34. The molecule has 0 aliphatic carbocycles. The lowest BCUT2D eigenvalue weighted by Gasteiger charge is -2.16. The molecule has 6 aromatic carbocycles. The standard InChI is InChI=1S/C44H26N4O11/c49-37(46-36-8-4-3-7-33(36)44(57)58)23-9-19-30-34(21-23)41(53)47(39(30)51)25-11-15-27(16-12-25)59-28-17-13-26(14-18-28)48-40(52)31-20-10-24(22-35(31)42(48)54)45-38(50)29-5-1-2-6-32(29)43(55)56/h1-22H,(H,45,50)(H,46,49)(H,55,56)(H,57,58). The van der Waals surface area contributed by atoms with Crippen molar-refractivity contribution in [2.24, 2.45) is 0 Å². The normalized spacial score (nSPS) is 12.9. The molecule has 0 bridgehead atoms. The minimum absolute atomic E-state index is 0.000930. The Hall–Kier alpha value is -8.72. The van der Waals surface area contributed by atoms with Crippen molar-refractivity contribution in [2.75, 3.05) is 20.4 Å². The van der Waals surface area contributed by atoms with Gasteiger partial charge in [-0.15, -0.1) is 0 Å². The molecule has 8 rings (SSSR count). The van der Waals surface area contributed by atoms with Gasteiger partial charge in [-0.1, -0.05) is 24.3 Å². The zero-order valence-corrected chi connectivity index (χ0v) is 30.2. The topological polar surface area (TPSA) is 217 Å². The summed E-state index contributed by atoms with van der Waals surface area (Å²) < 4.78 is 5.94. The van der Waals surface area contributed by atoms with Gasteiger partial charge in [0.1, 0.15) is 11.5 Å². The fourth-order valence-electron chi connectivity index (χ4n) is 6.67. The molecule has 0 spiro atoms. The number of imide groups is 2. The molecule has 15 heteroatoms. The van der Waals surface area contributed by atoms with Crippen LogP contribution in [0.1, 0.15) is 82.9 Å². The van der Waals surface area contributed by atoms with Crippen molar-refractivity contribution in [1.29, 1.82) is 0 Å². The van der Waals surface area contributed by atoms with Crippen molar-refractivity contribution in [3.8, 4) is 11.5 Å². The summed E-state index contributed by atoms with van der Waals surface area (Å²) in [4.78, 5) is 104. The smallest absolute Gasteiger partial charge is 0.337 e. The highest BCUT2D eigenvalue weighted by Gasteiger charge is 2.38. The van der Waals surface area contributed by atoms with Crippen LogP contribution >= 0.6 is 0 Å². The molecule has 2 aliphatic rings. The van der Waals surface area contributed by atoms with Crippen LogP contribution in [0.5, 0.6) is 11.5 Å². The van der Waals surface area contributed by atoms with Gasteiger partial charge in [-0.2, -0.15) is 0 Å². The van der Waals surface area contributed by atoms with E-state index in [-0.39, 0.29) is 67.3 Å². The first-order chi connectivity index (χ1) is 28.4. The Morgan fingerprint density at radius 3 is 1.49 bits per heavy atom. The number of hydrogen-bond donors (Lipinski definition) is 4. The average molecular weight is 787 g/mol. The third kappa shape index (κ3) is 6.80. The molecule has 2 aliphatic heterocycles. The van der Waals surface area contributed by atoms with E-state index in [9.17, 15) is 48.6 Å². The summed E-state index contributed by atoms with van der Waals surface area (Å²) in [5, 5.41) is 24.0. The third-order valence-corrected chi connectivity index (χ3v) is 9.53. The second-order valence-corrected chi connectivity index (χ2v) is 13.1. The number of carbonyl (C=O) groups excluding carboxylic acids is 6. The van der Waals surface area contributed by atoms with E-state index < -0.39 is 47.4 Å². The second kappa shape index (κ2) is 14.7. The van der Waals surface area contributed by atoms with Gasteiger partial charge in [-0.3, -0.25) is 28.8 Å². The predicted molar refractivity (Wildman–Crippen MR) is 211 cm³/mol. The van der Waals surface area contributed by atoms with Crippen LogP contribution in [0.4, 0.5) is 22.7 Å². The van der Waals surface area contributed by atoms with Gasteiger partial charge >= 0.3 is 11.9 Å². The number of rotatable bonds is 10. The number of fused-ring (bicyclic) bond motifs is 2. The summed E-state index contributed by atoms with van der Waals surface area (Å²) in [6.45, 7) is 0. The molecule has 0 saturated carbocycles. The van der Waals surface area contributed by atoms with E-state index in [4.69, 9.17) is 4.74 Å². The second-order valence-electron chi connectivity index (χ2n) is 13.1. The molecule has 15 nitrogen and oxygen atoms in total. The lowest BCUT2D eigenvalue weighted by molar-refractivity contribution is 0.0685. The van der Waals surface area contributed by atoms with E-state index in [1.54, 1.807) is 6.07 Å². The number of carbonyl (C=O) groups is 8. The highest BCUT2D eigenvalue weighted by molar-refractivity contribution is 6.35. The summed E-state index contributed by atoms with van der Waals surface area (Å²) in [5.74, 6) is -5.69. The summed E-state index contributed by atoms with van der Waals surface area (Å²) in [5.41, 5.74) is 0.640. The van der Waals surface area contributed by atoms with Crippen LogP contribution in [0.3, 0.4) is 0 Å². The first-order valence-corrected chi connectivity index (χ1v) is 17.6. The zero-order chi connectivity index (χ0) is 41.5. The van der Waals surface area contributed by atoms with Crippen molar-refractivity contribution in [3.63, 3.8) is 0 Å². The van der Waals surface area contributed by atoms with E-state index in [0.717, 1.165) is 9.80 Å². The van der Waals surface area contributed by atoms with Gasteiger partial charge in [0.2, 0.25) is 0 Å². The van der Waals surface area contributed by atoms with E-state index in [2.05, 4.69) is 10.6 Å². The quantitative estimate of drug-likeness (QED) is 0.104. The summed E-state index contributed by atoms with van der Waals surface area (Å²) in [6.07, 6.45) is 0. The predicted octanol–water partition coefficient (Wildman–Crippen LogP) is 6.98. The lowest BCUT2D eigenvalue weighted by Crippen LogP contribution is -2.29. The number of amides is 6. The molecule has 0 atom stereocenters. The molecule has 288 valence electrons. The van der Waals surface area contributed by atoms with Gasteiger partial charge in [0, 0.05) is 11.3 Å². The summed E-state index contributed by atoms with van der Waals surface area (Å²) in [6, 6.07) is 31.9. The first kappa shape index (κ1) is 37.2. The van der Waals surface area contributed by atoms with E-state index in [1.165, 1.54) is 127 Å². The van der Waals surface area contributed by atoms with Gasteiger partial charge in [0.25, 0.3) is 35.4 Å². The molecular formula is C44H26N4O11. The Labute approximate surface area is 332 Å². The van der Waals surface area contributed by atoms with Gasteiger partial charge in [-0.25, -0.2) is 19.4 Å². The number of anilines is 4. The SMILES string of the molecule is O=C(Nc1ccccc1C(=O)O)c1ccc2c(c1)C(=O)N(c1ccc(Oc3ccc(N4C(=O)c5ccc(NC(=O)c6ccccc6C(=O)O)cc5C4=O)cc3)cc1)C2=O. The number of nitrogens with one attached hydrogen (secondary N) is 2. The van der Waals surface area contributed by atoms with Gasteiger partial charge in [-0.05, 0) is 109 Å². The number of benzene rings is 6. The van der Waals surface area contributed by atoms with E-state index in [1.807, 2.05) is 0 Å². The Balaban J connectivity index is 0.920. The average Bonchev–Trinajstić information content (AvgIpc) is 3.64. The maximum absolute atomic E-state index is 13.4. The minimum atomic E-state index is -1.28. The Bertz CT molecular complexity index is 2830. The van der Waals surface area contributed by atoms with Crippen LogP contribution in [-0.2, 0) is 0 Å². The number of hydrogen-bond acceptors (Lipinski definition) is 9. The third-order valence-electron chi connectivity index (χ3n) is 9.53. The number of para-hydroxylation sites is 1. The molecule has 2 heterocycles. The highest BCUT2D eigenvalue weighted by atomic mass is 16.5. The maximum atomic E-state index is 13.4. The zero-order valence-electron chi connectivity index (χ0n) is 30.2. The Morgan fingerprint density at radius 1 is 0.458 bits per heavy atom. The van der Waals surface area contributed by atoms with Crippen LogP contribution in [0.2, 0.25) is 0 Å². The van der Waals surface area contributed by atoms with E-state index >= 15 is 0 Å². The molecule has 6 amide bonds. The van der Waals surface area contributed by atoms with E-state index in [0.29, 0.717) is 11.5 Å². The van der Waals surface area contributed by atoms with Crippen molar-refractivity contribution in [3.05, 3.63) is 178 Å². The van der Waals surface area contributed by atoms with Gasteiger partial charge < -0.3 is 25.6 Å². The molecule has 0 fully saturated rings. The molecular weight excluding hydrogens is 761 g/mol. The fraction of sp³-hybridized carbons (Fsp3) is 0. The Kier molecular flexibility index (Phi) is 9.30. The van der Waals surface area contributed by atoms with Crippen molar-refractivity contribution < 1.29 is 53.3 Å². The minimum Gasteiger partial charge on any atom is -0.478 e. The number of carboxylic acid groups (broad SMARTS) is 2. The summed E-state index contributed by atoms with van der Waals surface area (Å²) in [7, 11) is 0. The number of carboxylic acids is 2. The molecule has 0 aromatic heterocycles. The fourth-order valence-corrected chi connectivity index (χ4v) is 6.67. The van der Waals surface area contributed by atoms with Crippen molar-refractivity contribution in [2.45, 2.75) is 0 Å². The molecule has 59 heavy (non-hydrogen) atoms. The van der Waals surface area contributed by atoms with Gasteiger partial charge in [0.05, 0.1) is 56.0 Å². The lowest BCUT2D eigenvalue weighted by atomic mass is 10.0. The van der Waals surface area contributed by atoms with Crippen LogP contribution in [0.15, 0.2) is 133 Å². The molecule has 0 saturated heterocycles. The van der Waals surface area contributed by atoms with Crippen LogP contribution in [0, 0.1) is 0 Å². The van der Waals surface area contributed by atoms with Crippen LogP contribution in [0.25, 0.3) is 0 Å². The number of aromatic carboxylic acids is 2. The molecule has 0 radical (unpaired) electrons. The Morgan fingerprint density at radius 2 is 0.932 bits per heavy atom. The maximum Gasteiger partial charge on any atom is 0.337 e. The largest absolute Gasteiger partial charge is 0.478 e. The number of nitrogens with zero attached hydrogens (tertiary/aromatic N) is 2. The van der Waals surface area contributed by atoms with Crippen LogP contribution < -0.4 is 25.2 Å². The van der Waals surface area contributed by atoms with Crippen LogP contribution in [-0.4, -0.2) is 57.6 Å². The monoisotopic (exact) mass is 786 g/mol. The van der Waals surface area contributed by atoms with Crippen molar-refractivity contribution in [1.82, 2.24) is 0 Å². The molecule has 4 N–H and O–H groups in total.